The van der Waals surface area contributed by atoms with Crippen molar-refractivity contribution in [3.63, 3.8) is 0 Å². The predicted molar refractivity (Wildman–Crippen MR) is 95.0 cm³/mol. The first kappa shape index (κ1) is 22.2. The Labute approximate surface area is 153 Å². The number of fused-ring (bicyclic) bond motifs is 1. The fourth-order valence-corrected chi connectivity index (χ4v) is 6.53. The SMILES string of the molecule is CP(=O)(O)OP(=O)(O)OP(=O)(O)Nc1cccc2c(S(=O)(=O)O)cccc12. The van der Waals surface area contributed by atoms with Crippen molar-refractivity contribution in [2.24, 2.45) is 0 Å². The molecule has 0 amide bonds. The van der Waals surface area contributed by atoms with E-state index < -0.39 is 38.2 Å². The molecule has 2 rings (SSSR count). The molecule has 0 radical (unpaired) electrons. The van der Waals surface area contributed by atoms with Gasteiger partial charge < -0.3 is 14.7 Å². The molecule has 0 spiro atoms. The summed E-state index contributed by atoms with van der Waals surface area (Å²) in [6.07, 6.45) is 0. The van der Waals surface area contributed by atoms with Crippen LogP contribution >= 0.6 is 23.2 Å². The summed E-state index contributed by atoms with van der Waals surface area (Å²) in [6.45, 7) is 0.566. The first-order valence-corrected chi connectivity index (χ1v) is 13.3. The van der Waals surface area contributed by atoms with Gasteiger partial charge in [-0.1, -0.05) is 24.3 Å². The van der Waals surface area contributed by atoms with Crippen LogP contribution in [0.5, 0.6) is 0 Å². The monoisotopic (exact) mass is 461 g/mol. The molecule has 0 aliphatic carbocycles. The third-order valence-corrected chi connectivity index (χ3v) is 8.07. The highest BCUT2D eigenvalue weighted by atomic mass is 32.2. The van der Waals surface area contributed by atoms with Crippen LogP contribution in [-0.4, -0.2) is 34.3 Å². The summed E-state index contributed by atoms with van der Waals surface area (Å²) in [5.41, 5.74) is -0.187. The number of nitrogens with one attached hydrogen (secondary N) is 1. The van der Waals surface area contributed by atoms with E-state index in [2.05, 4.69) is 8.62 Å². The van der Waals surface area contributed by atoms with E-state index in [4.69, 9.17) is 4.89 Å². The molecule has 2 aromatic rings. The maximum Gasteiger partial charge on any atom is 0.488 e. The summed E-state index contributed by atoms with van der Waals surface area (Å²) in [4.78, 5) is 27.5. The Kier molecular flexibility index (Phi) is 6.07. The highest BCUT2D eigenvalue weighted by molar-refractivity contribution is 7.86. The minimum absolute atomic E-state index is 0.0122. The zero-order valence-corrected chi connectivity index (χ0v) is 16.9. The van der Waals surface area contributed by atoms with Crippen LogP contribution in [0.1, 0.15) is 0 Å². The normalized spacial score (nSPS) is 19.0. The molecule has 0 bridgehead atoms. The Balaban J connectivity index is 2.43. The van der Waals surface area contributed by atoms with Gasteiger partial charge in [-0.25, -0.2) is 13.4 Å². The van der Waals surface area contributed by atoms with Crippen LogP contribution in [-0.2, 0) is 32.4 Å². The molecule has 16 heteroatoms. The Bertz CT molecular complexity index is 1130. The molecule has 12 nitrogen and oxygen atoms in total. The zero-order chi connectivity index (χ0) is 20.7. The third-order valence-electron chi connectivity index (χ3n) is 2.89. The number of hydrogen-bond donors (Lipinski definition) is 5. The lowest BCUT2D eigenvalue weighted by Gasteiger charge is -2.19. The van der Waals surface area contributed by atoms with Crippen LogP contribution in [0.2, 0.25) is 0 Å². The summed E-state index contributed by atoms with van der Waals surface area (Å²) in [5.74, 6) is 0. The average Bonchev–Trinajstić information content (AvgIpc) is 2.41. The fraction of sp³-hybridized carbons (Fsp3) is 0.0909. The Morgan fingerprint density at radius 1 is 0.926 bits per heavy atom. The predicted octanol–water partition coefficient (Wildman–Crippen LogP) is 2.55. The van der Waals surface area contributed by atoms with E-state index in [1.54, 1.807) is 0 Å². The van der Waals surface area contributed by atoms with Crippen LogP contribution < -0.4 is 5.09 Å². The Hall–Kier alpha value is -1.10. The van der Waals surface area contributed by atoms with Crippen molar-refractivity contribution in [1.29, 1.82) is 0 Å². The van der Waals surface area contributed by atoms with Crippen molar-refractivity contribution in [3.05, 3.63) is 36.4 Å². The third kappa shape index (κ3) is 6.20. The van der Waals surface area contributed by atoms with Crippen LogP contribution in [0.25, 0.3) is 10.8 Å². The van der Waals surface area contributed by atoms with Crippen molar-refractivity contribution in [3.8, 4) is 0 Å². The van der Waals surface area contributed by atoms with E-state index in [1.807, 2.05) is 5.09 Å². The maximum atomic E-state index is 12.1. The van der Waals surface area contributed by atoms with Gasteiger partial charge in [0.1, 0.15) is 4.90 Å². The van der Waals surface area contributed by atoms with Gasteiger partial charge in [-0.15, -0.1) is 0 Å². The summed E-state index contributed by atoms with van der Waals surface area (Å²) >= 11 is 0. The van der Waals surface area contributed by atoms with E-state index >= 15 is 0 Å². The summed E-state index contributed by atoms with van der Waals surface area (Å²) < 4.78 is 74.7. The lowest BCUT2D eigenvalue weighted by Crippen LogP contribution is -2.03. The standard InChI is InChI=1S/C11H14NO11P3S/c1-24(13,14)22-26(17,18)23-25(15,16)12-10-6-2-5-9-8(10)4-3-7-11(9)27(19,20)21/h2-7H,1H3,(H,13,14)(H,17,18)(H2,12,15,16)(H,19,20,21). The number of hydrogen-bond acceptors (Lipinski definition) is 7. The van der Waals surface area contributed by atoms with Crippen molar-refractivity contribution >= 4 is 49.7 Å². The molecule has 0 saturated carbocycles. The lowest BCUT2D eigenvalue weighted by atomic mass is 10.1. The second kappa shape index (κ2) is 7.38. The molecule has 0 fully saturated rings. The minimum atomic E-state index is -5.39. The summed E-state index contributed by atoms with van der Waals surface area (Å²) in [5, 5.41) is 1.96. The number of benzene rings is 2. The van der Waals surface area contributed by atoms with Crippen LogP contribution in [0, 0.1) is 0 Å². The first-order chi connectivity index (χ1) is 12.1. The summed E-state index contributed by atoms with van der Waals surface area (Å²) in [6, 6.07) is 7.51. The largest absolute Gasteiger partial charge is 0.488 e. The van der Waals surface area contributed by atoms with Gasteiger partial charge in [0.2, 0.25) is 0 Å². The second-order valence-corrected chi connectivity index (χ2v) is 11.7. The molecule has 0 aliphatic rings. The van der Waals surface area contributed by atoms with Gasteiger partial charge in [0.15, 0.2) is 0 Å². The van der Waals surface area contributed by atoms with Gasteiger partial charge in [0.25, 0.3) is 10.1 Å². The topological polar surface area (TPSA) is 197 Å². The van der Waals surface area contributed by atoms with Crippen LogP contribution in [0.3, 0.4) is 0 Å². The van der Waals surface area contributed by atoms with E-state index in [-0.39, 0.29) is 16.5 Å². The zero-order valence-electron chi connectivity index (χ0n) is 13.4. The van der Waals surface area contributed by atoms with Crippen molar-refractivity contribution in [2.45, 2.75) is 4.90 Å². The van der Waals surface area contributed by atoms with Gasteiger partial charge >= 0.3 is 23.2 Å². The van der Waals surface area contributed by atoms with Gasteiger partial charge in [-0.3, -0.25) is 14.2 Å². The molecule has 2 aromatic carbocycles. The molecule has 0 aliphatic heterocycles. The van der Waals surface area contributed by atoms with Gasteiger partial charge in [-0.2, -0.15) is 12.7 Å². The smallest absolute Gasteiger partial charge is 0.324 e. The average molecular weight is 461 g/mol. The van der Waals surface area contributed by atoms with E-state index in [1.165, 1.54) is 30.3 Å². The van der Waals surface area contributed by atoms with E-state index in [9.17, 15) is 36.5 Å². The second-order valence-electron chi connectivity index (χ2n) is 5.20. The summed E-state index contributed by atoms with van der Waals surface area (Å²) in [7, 11) is -19.6. The molecule has 0 heterocycles. The van der Waals surface area contributed by atoms with Crippen LogP contribution in [0.4, 0.5) is 5.69 Å². The lowest BCUT2D eigenvalue weighted by molar-refractivity contribution is 0.259. The minimum Gasteiger partial charge on any atom is -0.324 e. The molecule has 5 N–H and O–H groups in total. The molecule has 150 valence electrons. The number of anilines is 1. The molecule has 27 heavy (non-hydrogen) atoms. The van der Waals surface area contributed by atoms with E-state index in [0.29, 0.717) is 6.66 Å². The van der Waals surface area contributed by atoms with Gasteiger partial charge in [0, 0.05) is 17.4 Å². The molecular weight excluding hydrogens is 447 g/mol. The maximum absolute atomic E-state index is 12.1. The molecular formula is C11H14NO11P3S. The quantitative estimate of drug-likeness (QED) is 0.299. The molecule has 0 aromatic heterocycles. The number of phosphoric acid groups is 1. The van der Waals surface area contributed by atoms with Crippen molar-refractivity contribution in [1.82, 2.24) is 0 Å². The fourth-order valence-electron chi connectivity index (χ4n) is 2.12. The molecule has 3 atom stereocenters. The highest BCUT2D eigenvalue weighted by Crippen LogP contribution is 2.65. The van der Waals surface area contributed by atoms with Crippen molar-refractivity contribution < 1.29 is 50.0 Å². The van der Waals surface area contributed by atoms with Gasteiger partial charge in [0.05, 0.1) is 5.69 Å². The molecule has 0 saturated heterocycles. The highest BCUT2D eigenvalue weighted by Gasteiger charge is 2.38. The van der Waals surface area contributed by atoms with Crippen LogP contribution in [0.15, 0.2) is 41.3 Å². The van der Waals surface area contributed by atoms with Crippen molar-refractivity contribution in [2.75, 3.05) is 11.8 Å². The Morgan fingerprint density at radius 2 is 1.48 bits per heavy atom. The van der Waals surface area contributed by atoms with E-state index in [0.717, 1.165) is 6.07 Å². The number of rotatable bonds is 7. The molecule has 3 unspecified atom stereocenters. The first-order valence-electron chi connectivity index (χ1n) is 6.76. The van der Waals surface area contributed by atoms with Gasteiger partial charge in [-0.05, 0) is 12.1 Å². The Morgan fingerprint density at radius 3 is 2.04 bits per heavy atom.